The molecule has 0 amide bonds. The fraction of sp³-hybridized carbons (Fsp3) is 0.294. The van der Waals surface area contributed by atoms with E-state index in [1.165, 1.54) is 5.56 Å². The van der Waals surface area contributed by atoms with Crippen LogP contribution < -0.4 is 8.56 Å². The van der Waals surface area contributed by atoms with E-state index in [2.05, 4.69) is 28.5 Å². The Morgan fingerprint density at radius 3 is 2.48 bits per heavy atom. The number of hydrogen-bond donors (Lipinski definition) is 0. The van der Waals surface area contributed by atoms with Crippen LogP contribution in [-0.4, -0.2) is 36.7 Å². The van der Waals surface area contributed by atoms with Gasteiger partial charge in [-0.05, 0) is 0 Å². The van der Waals surface area contributed by atoms with E-state index in [4.69, 9.17) is 18.0 Å². The molecule has 0 atom stereocenters. The summed E-state index contributed by atoms with van der Waals surface area (Å²) in [6, 6.07) is 14.2. The van der Waals surface area contributed by atoms with Crippen LogP contribution in [0.1, 0.15) is 17.4 Å². The van der Waals surface area contributed by atoms with E-state index >= 15 is 0 Å². The Hall–Kier alpha value is -1.17. The molecule has 2 aromatic carbocycles. The summed E-state index contributed by atoms with van der Waals surface area (Å²) in [5.41, 5.74) is 2.14. The molecule has 23 heavy (non-hydrogen) atoms. The summed E-state index contributed by atoms with van der Waals surface area (Å²) in [7, 11) is 1.66. The molecule has 4 nitrogen and oxygen atoms in total. The van der Waals surface area contributed by atoms with Crippen molar-refractivity contribution in [1.29, 1.82) is 0 Å². The summed E-state index contributed by atoms with van der Waals surface area (Å²) in [5, 5.41) is 0. The molecule has 121 valence electrons. The monoisotopic (exact) mass is 397 g/mol. The maximum atomic E-state index is 5.56. The standard InChI is InChI=1S/C17H17O4SSe/c1-18-14-9-13(17-19-7-8-20-17)10-15(21-23)16(14)22-11-12-5-3-2-4-6-12/h2-6,9-10,17H,7-8,11H2,1H3. The van der Waals surface area contributed by atoms with Crippen LogP contribution in [0.15, 0.2) is 47.4 Å². The number of benzene rings is 2. The fourth-order valence-corrected chi connectivity index (χ4v) is 3.80. The van der Waals surface area contributed by atoms with Crippen LogP contribution in [0.5, 0.6) is 11.5 Å². The van der Waals surface area contributed by atoms with Crippen LogP contribution in [0, 0.1) is 0 Å². The summed E-state index contributed by atoms with van der Waals surface area (Å²) in [4.78, 5) is 0.955. The molecule has 0 saturated carbocycles. The zero-order valence-electron chi connectivity index (χ0n) is 12.7. The van der Waals surface area contributed by atoms with E-state index in [9.17, 15) is 0 Å². The van der Waals surface area contributed by atoms with E-state index in [1.54, 1.807) is 18.9 Å². The molecule has 2 aromatic rings. The Bertz CT molecular complexity index is 619. The molecule has 0 unspecified atom stereocenters. The first-order valence-corrected chi connectivity index (χ1v) is 8.92. The van der Waals surface area contributed by atoms with Crippen molar-refractivity contribution in [3.8, 4) is 11.5 Å². The molecule has 0 spiro atoms. The third-order valence-corrected chi connectivity index (χ3v) is 5.02. The van der Waals surface area contributed by atoms with Gasteiger partial charge in [0.15, 0.2) is 0 Å². The number of rotatable bonds is 6. The normalized spacial score (nSPS) is 14.9. The average molecular weight is 396 g/mol. The molecule has 0 bridgehead atoms. The van der Waals surface area contributed by atoms with Gasteiger partial charge >= 0.3 is 148 Å². The zero-order valence-corrected chi connectivity index (χ0v) is 15.2. The van der Waals surface area contributed by atoms with Gasteiger partial charge in [0, 0.05) is 0 Å². The van der Waals surface area contributed by atoms with Crippen molar-refractivity contribution in [2.75, 3.05) is 20.3 Å². The van der Waals surface area contributed by atoms with Gasteiger partial charge in [0.2, 0.25) is 0 Å². The molecule has 1 aliphatic heterocycles. The number of methoxy groups -OCH3 is 1. The summed E-state index contributed by atoms with van der Waals surface area (Å²) < 4.78 is 22.1. The van der Waals surface area contributed by atoms with Crippen LogP contribution >= 0.6 is 11.8 Å². The van der Waals surface area contributed by atoms with Crippen molar-refractivity contribution in [2.24, 2.45) is 0 Å². The van der Waals surface area contributed by atoms with Crippen LogP contribution in [0.25, 0.3) is 0 Å². The third-order valence-electron chi connectivity index (χ3n) is 3.47. The second-order valence-corrected chi connectivity index (χ2v) is 6.32. The van der Waals surface area contributed by atoms with Gasteiger partial charge in [0.1, 0.15) is 0 Å². The first-order valence-electron chi connectivity index (χ1n) is 7.23. The minimum atomic E-state index is -0.356. The Kier molecular flexibility index (Phi) is 5.86. The number of hydrogen-bond acceptors (Lipinski definition) is 5. The van der Waals surface area contributed by atoms with E-state index in [0.29, 0.717) is 13.2 Å². The molecule has 1 fully saturated rings. The Labute approximate surface area is 148 Å². The van der Waals surface area contributed by atoms with Crippen LogP contribution in [0.3, 0.4) is 0 Å². The van der Waals surface area contributed by atoms with Gasteiger partial charge in [-0.25, -0.2) is 0 Å². The van der Waals surface area contributed by atoms with Crippen molar-refractivity contribution in [2.45, 2.75) is 16.9 Å². The molecule has 1 aliphatic rings. The number of thioether (sulfide) groups is 1. The molecule has 1 heterocycles. The van der Waals surface area contributed by atoms with Crippen molar-refractivity contribution >= 4 is 28.1 Å². The van der Waals surface area contributed by atoms with Crippen molar-refractivity contribution < 1.29 is 18.0 Å². The summed E-state index contributed by atoms with van der Waals surface area (Å²) in [5.74, 6) is 2.32. The van der Waals surface area contributed by atoms with Gasteiger partial charge in [-0.15, -0.1) is 0 Å². The molecular formula is C17H17O4SSe. The van der Waals surface area contributed by atoms with Gasteiger partial charge in [-0.1, -0.05) is 0 Å². The van der Waals surface area contributed by atoms with E-state index in [1.807, 2.05) is 30.3 Å². The predicted molar refractivity (Wildman–Crippen MR) is 90.0 cm³/mol. The molecule has 0 aromatic heterocycles. The Morgan fingerprint density at radius 2 is 1.83 bits per heavy atom. The molecule has 0 aliphatic carbocycles. The van der Waals surface area contributed by atoms with E-state index in [0.717, 1.165) is 27.7 Å². The average Bonchev–Trinajstić information content (AvgIpc) is 3.14. The fourth-order valence-electron chi connectivity index (χ4n) is 2.37. The van der Waals surface area contributed by atoms with Crippen LogP contribution in [0.2, 0.25) is 0 Å². The molecule has 1 radical (unpaired) electrons. The topological polar surface area (TPSA) is 36.9 Å². The van der Waals surface area contributed by atoms with Gasteiger partial charge < -0.3 is 0 Å². The van der Waals surface area contributed by atoms with Crippen LogP contribution in [0.4, 0.5) is 0 Å². The van der Waals surface area contributed by atoms with Gasteiger partial charge in [0.05, 0.1) is 0 Å². The number of ether oxygens (including phenoxy) is 3. The summed E-state index contributed by atoms with van der Waals surface area (Å²) >= 11 is 4.29. The van der Waals surface area contributed by atoms with E-state index < -0.39 is 0 Å². The Balaban J connectivity index is 1.85. The third kappa shape index (κ3) is 4.03. The summed E-state index contributed by atoms with van der Waals surface area (Å²) in [6.07, 6.45) is -0.356. The van der Waals surface area contributed by atoms with Crippen molar-refractivity contribution in [1.82, 2.24) is 0 Å². The van der Waals surface area contributed by atoms with E-state index in [-0.39, 0.29) is 6.29 Å². The maximum absolute atomic E-state index is 5.56. The van der Waals surface area contributed by atoms with Gasteiger partial charge in [-0.2, -0.15) is 0 Å². The minimum absolute atomic E-state index is 0.356. The van der Waals surface area contributed by atoms with Gasteiger partial charge in [0.25, 0.3) is 0 Å². The predicted octanol–water partition coefficient (Wildman–Crippen LogP) is 3.50. The first kappa shape index (κ1) is 16.7. The molecule has 1 saturated heterocycles. The molecule has 3 rings (SSSR count). The van der Waals surface area contributed by atoms with Crippen molar-refractivity contribution in [3.63, 3.8) is 0 Å². The summed E-state index contributed by atoms with van der Waals surface area (Å²) in [6.45, 7) is 1.21. The van der Waals surface area contributed by atoms with Crippen LogP contribution in [-0.2, 0) is 15.2 Å². The molecular weight excluding hydrogens is 379 g/mol. The molecule has 6 heteroatoms. The van der Waals surface area contributed by atoms with Crippen molar-refractivity contribution in [3.05, 3.63) is 53.6 Å². The van der Waals surface area contributed by atoms with Gasteiger partial charge in [-0.3, -0.25) is 0 Å². The second kappa shape index (κ2) is 8.08. The first-order chi connectivity index (χ1) is 11.3. The Morgan fingerprint density at radius 1 is 1.13 bits per heavy atom. The second-order valence-electron chi connectivity index (χ2n) is 4.98. The SMILES string of the molecule is COc1cc(C2OCCO2)cc(O[Se])c1SCc1ccccc1. The molecule has 0 N–H and O–H groups in total. The quantitative estimate of drug-likeness (QED) is 0.552. The zero-order chi connectivity index (χ0) is 16.1.